The Morgan fingerprint density at radius 2 is 1.81 bits per heavy atom. The van der Waals surface area contributed by atoms with Crippen molar-refractivity contribution in [1.82, 2.24) is 15.6 Å². The lowest BCUT2D eigenvalue weighted by Gasteiger charge is -2.11. The topological polar surface area (TPSA) is 100 Å². The third kappa shape index (κ3) is 3.71. The Morgan fingerprint density at radius 1 is 0.969 bits per heavy atom. The molecule has 1 saturated heterocycles. The third-order valence-electron chi connectivity index (χ3n) is 5.88. The van der Waals surface area contributed by atoms with Crippen molar-refractivity contribution in [2.45, 2.75) is 12.5 Å². The number of carbonyl (C=O) groups excluding carboxylic acids is 2. The van der Waals surface area contributed by atoms with Crippen LogP contribution < -0.4 is 16.4 Å². The fourth-order valence-corrected chi connectivity index (χ4v) is 4.52. The summed E-state index contributed by atoms with van der Waals surface area (Å²) in [5, 5.41) is 8.82. The molecular weight excluding hydrogens is 447 g/mol. The lowest BCUT2D eigenvalue weighted by Crippen LogP contribution is -2.36. The largest absolute Gasteiger partial charge is 0.366 e. The summed E-state index contributed by atoms with van der Waals surface area (Å²) in [6, 6.07) is 14.6. The first kappa shape index (κ1) is 20.8. The lowest BCUT2D eigenvalue weighted by molar-refractivity contribution is 0.0939. The SMILES string of the molecule is NC(=O)c1cc(-c2ccc(Cl)c(Cl)c2)cc2c1[nH]c1ccc(C(=O)N[C@H]3CCNC3)cc12. The minimum Gasteiger partial charge on any atom is -0.366 e. The molecule has 1 aromatic heterocycles. The Morgan fingerprint density at radius 3 is 2.53 bits per heavy atom. The molecule has 8 heteroatoms. The number of halogens is 2. The van der Waals surface area contributed by atoms with Gasteiger partial charge in [-0.05, 0) is 66.6 Å². The van der Waals surface area contributed by atoms with E-state index in [-0.39, 0.29) is 11.9 Å². The third-order valence-corrected chi connectivity index (χ3v) is 6.62. The monoisotopic (exact) mass is 466 g/mol. The number of nitrogens with one attached hydrogen (secondary N) is 3. The predicted octanol–water partition coefficient (Wildman–Crippen LogP) is 4.49. The van der Waals surface area contributed by atoms with Gasteiger partial charge in [0, 0.05) is 34.4 Å². The number of carbonyl (C=O) groups is 2. The van der Waals surface area contributed by atoms with Gasteiger partial charge in [-0.25, -0.2) is 0 Å². The van der Waals surface area contributed by atoms with Crippen molar-refractivity contribution in [3.05, 3.63) is 69.7 Å². The maximum Gasteiger partial charge on any atom is 0.251 e. The molecule has 1 aliphatic rings. The Labute approximate surface area is 194 Å². The van der Waals surface area contributed by atoms with Gasteiger partial charge in [0.05, 0.1) is 21.1 Å². The standard InChI is InChI=1S/C24H20Cl2N4O2/c25-19-3-1-12(10-20(19)26)14-8-17-16-7-13(24(32)29-15-5-6-28-11-15)2-4-21(16)30-22(17)18(9-14)23(27)31/h1-4,7-10,15,28,30H,5-6,11H2,(H2,27,31)(H,29,32)/t15-/m0/s1. The van der Waals surface area contributed by atoms with E-state index in [1.165, 1.54) is 0 Å². The first-order valence-electron chi connectivity index (χ1n) is 10.3. The van der Waals surface area contributed by atoms with Crippen LogP contribution in [0.3, 0.4) is 0 Å². The van der Waals surface area contributed by atoms with Crippen LogP contribution in [-0.2, 0) is 0 Å². The van der Waals surface area contributed by atoms with Crippen molar-refractivity contribution in [2.75, 3.05) is 13.1 Å². The Balaban J connectivity index is 1.65. The highest BCUT2D eigenvalue weighted by atomic mass is 35.5. The second-order valence-electron chi connectivity index (χ2n) is 7.99. The Bertz CT molecular complexity index is 1390. The Hall–Kier alpha value is -3.06. The van der Waals surface area contributed by atoms with E-state index in [4.69, 9.17) is 28.9 Å². The van der Waals surface area contributed by atoms with Gasteiger partial charge in [0.1, 0.15) is 0 Å². The van der Waals surface area contributed by atoms with E-state index in [0.29, 0.717) is 26.7 Å². The van der Waals surface area contributed by atoms with Gasteiger partial charge in [0.2, 0.25) is 0 Å². The van der Waals surface area contributed by atoms with E-state index in [2.05, 4.69) is 15.6 Å². The van der Waals surface area contributed by atoms with E-state index in [0.717, 1.165) is 46.9 Å². The molecule has 0 saturated carbocycles. The van der Waals surface area contributed by atoms with Crippen LogP contribution in [0.5, 0.6) is 0 Å². The second-order valence-corrected chi connectivity index (χ2v) is 8.80. The van der Waals surface area contributed by atoms with Gasteiger partial charge in [-0.3, -0.25) is 9.59 Å². The summed E-state index contributed by atoms with van der Waals surface area (Å²) >= 11 is 12.3. The minimum absolute atomic E-state index is 0.120. The number of amides is 2. The fraction of sp³-hybridized carbons (Fsp3) is 0.167. The molecule has 0 radical (unpaired) electrons. The van der Waals surface area contributed by atoms with Crippen molar-refractivity contribution in [2.24, 2.45) is 5.73 Å². The van der Waals surface area contributed by atoms with Crippen molar-refractivity contribution in [1.29, 1.82) is 0 Å². The number of rotatable bonds is 4. The van der Waals surface area contributed by atoms with Crippen molar-refractivity contribution in [3.63, 3.8) is 0 Å². The zero-order chi connectivity index (χ0) is 22.4. The van der Waals surface area contributed by atoms with E-state index >= 15 is 0 Å². The highest BCUT2D eigenvalue weighted by molar-refractivity contribution is 6.42. The molecule has 2 heterocycles. The van der Waals surface area contributed by atoms with Gasteiger partial charge in [-0.2, -0.15) is 0 Å². The molecule has 0 bridgehead atoms. The maximum atomic E-state index is 12.8. The highest BCUT2D eigenvalue weighted by Gasteiger charge is 2.19. The van der Waals surface area contributed by atoms with Gasteiger partial charge in [0.15, 0.2) is 0 Å². The lowest BCUT2D eigenvalue weighted by atomic mass is 9.98. The first-order chi connectivity index (χ1) is 15.4. The number of hydrogen-bond donors (Lipinski definition) is 4. The summed E-state index contributed by atoms with van der Waals surface area (Å²) < 4.78 is 0. The molecule has 32 heavy (non-hydrogen) atoms. The minimum atomic E-state index is -0.546. The van der Waals surface area contributed by atoms with Crippen molar-refractivity contribution >= 4 is 56.8 Å². The molecule has 5 N–H and O–H groups in total. The zero-order valence-electron chi connectivity index (χ0n) is 17.0. The average Bonchev–Trinajstić information content (AvgIpc) is 3.41. The molecule has 2 amide bonds. The van der Waals surface area contributed by atoms with Crippen LogP contribution in [0.2, 0.25) is 10.0 Å². The van der Waals surface area contributed by atoms with E-state index < -0.39 is 5.91 Å². The molecule has 162 valence electrons. The van der Waals surface area contributed by atoms with Crippen molar-refractivity contribution in [3.8, 4) is 11.1 Å². The summed E-state index contributed by atoms with van der Waals surface area (Å²) in [5.41, 5.74) is 9.65. The quantitative estimate of drug-likeness (QED) is 0.356. The van der Waals surface area contributed by atoms with Gasteiger partial charge >= 0.3 is 0 Å². The van der Waals surface area contributed by atoms with E-state index in [9.17, 15) is 9.59 Å². The number of fused-ring (bicyclic) bond motifs is 3. The van der Waals surface area contributed by atoms with Crippen LogP contribution in [0.25, 0.3) is 32.9 Å². The molecule has 1 atom stereocenters. The van der Waals surface area contributed by atoms with Crippen LogP contribution in [0.1, 0.15) is 27.1 Å². The number of primary amides is 1. The summed E-state index contributed by atoms with van der Waals surface area (Å²) in [6.07, 6.45) is 0.913. The molecular formula is C24H20Cl2N4O2. The zero-order valence-corrected chi connectivity index (χ0v) is 18.5. The highest BCUT2D eigenvalue weighted by Crippen LogP contribution is 2.35. The van der Waals surface area contributed by atoms with Gasteiger partial charge in [-0.1, -0.05) is 29.3 Å². The van der Waals surface area contributed by atoms with Crippen LogP contribution in [0.4, 0.5) is 0 Å². The molecule has 1 fully saturated rings. The predicted molar refractivity (Wildman–Crippen MR) is 129 cm³/mol. The normalized spacial score (nSPS) is 16.0. The smallest absolute Gasteiger partial charge is 0.251 e. The van der Waals surface area contributed by atoms with E-state index in [1.54, 1.807) is 24.3 Å². The fourth-order valence-electron chi connectivity index (χ4n) is 4.22. The van der Waals surface area contributed by atoms with Crippen LogP contribution >= 0.6 is 23.2 Å². The molecule has 0 aliphatic carbocycles. The van der Waals surface area contributed by atoms with Gasteiger partial charge in [0.25, 0.3) is 11.8 Å². The van der Waals surface area contributed by atoms with E-state index in [1.807, 2.05) is 24.3 Å². The summed E-state index contributed by atoms with van der Waals surface area (Å²) in [5.74, 6) is -0.666. The summed E-state index contributed by atoms with van der Waals surface area (Å²) in [6.45, 7) is 1.68. The summed E-state index contributed by atoms with van der Waals surface area (Å²) in [7, 11) is 0. The molecule has 5 rings (SSSR count). The number of nitrogens with two attached hydrogens (primary N) is 1. The second kappa shape index (κ2) is 8.13. The van der Waals surface area contributed by atoms with Crippen molar-refractivity contribution < 1.29 is 9.59 Å². The first-order valence-corrected chi connectivity index (χ1v) is 11.0. The Kier molecular flexibility index (Phi) is 5.29. The molecule has 1 aliphatic heterocycles. The van der Waals surface area contributed by atoms with Gasteiger partial charge < -0.3 is 21.4 Å². The maximum absolute atomic E-state index is 12.8. The van der Waals surface area contributed by atoms with Crippen LogP contribution in [0.15, 0.2) is 48.5 Å². The molecule has 0 unspecified atom stereocenters. The summed E-state index contributed by atoms with van der Waals surface area (Å²) in [4.78, 5) is 28.3. The number of hydrogen-bond acceptors (Lipinski definition) is 3. The van der Waals surface area contributed by atoms with Crippen LogP contribution in [-0.4, -0.2) is 35.9 Å². The van der Waals surface area contributed by atoms with Crippen LogP contribution in [0, 0.1) is 0 Å². The molecule has 4 aromatic rings. The number of H-pyrrole nitrogens is 1. The number of aromatic nitrogens is 1. The molecule has 6 nitrogen and oxygen atoms in total. The van der Waals surface area contributed by atoms with Gasteiger partial charge in [-0.15, -0.1) is 0 Å². The number of aromatic amines is 1. The molecule has 0 spiro atoms. The number of benzene rings is 3. The average molecular weight is 467 g/mol. The molecule has 3 aromatic carbocycles.